The Hall–Kier alpha value is -8.16. The van der Waals surface area contributed by atoms with Crippen molar-refractivity contribution >= 4 is 32.6 Å². The molecule has 3 heterocycles. The van der Waals surface area contributed by atoms with E-state index in [-0.39, 0.29) is 0 Å². The number of fused-ring (bicyclic) bond motifs is 5. The molecule has 0 bridgehead atoms. The van der Waals surface area contributed by atoms with Crippen molar-refractivity contribution in [1.29, 1.82) is 0 Å². The number of hydrogen-bond donors (Lipinski definition) is 0. The van der Waals surface area contributed by atoms with Gasteiger partial charge in [-0.2, -0.15) is 9.97 Å². The van der Waals surface area contributed by atoms with Crippen LogP contribution in [0.2, 0.25) is 0 Å². The molecule has 11 rings (SSSR count). The second-order valence-electron chi connectivity index (χ2n) is 14.4. The van der Waals surface area contributed by atoms with Crippen LogP contribution < -0.4 is 0 Å². The van der Waals surface area contributed by atoms with Crippen molar-refractivity contribution in [1.82, 2.24) is 34.5 Å². The molecule has 7 nitrogen and oxygen atoms in total. The van der Waals surface area contributed by atoms with Gasteiger partial charge in [-0.25, -0.2) is 19.9 Å². The molecule has 0 amide bonds. The fraction of sp³-hybridized carbons (Fsp3) is 0. The van der Waals surface area contributed by atoms with E-state index in [2.05, 4.69) is 102 Å². The average molecular weight is 756 g/mol. The van der Waals surface area contributed by atoms with Gasteiger partial charge in [0.25, 0.3) is 0 Å². The van der Waals surface area contributed by atoms with Crippen LogP contribution in [0.5, 0.6) is 0 Å². The van der Waals surface area contributed by atoms with Gasteiger partial charge >= 0.3 is 0 Å². The fourth-order valence-corrected chi connectivity index (χ4v) is 7.88. The third kappa shape index (κ3) is 6.27. The molecule has 0 aliphatic rings. The predicted molar refractivity (Wildman–Crippen MR) is 238 cm³/mol. The van der Waals surface area contributed by atoms with Gasteiger partial charge < -0.3 is 0 Å². The lowest BCUT2D eigenvalue weighted by molar-refractivity contribution is 0.953. The molecule has 59 heavy (non-hydrogen) atoms. The summed E-state index contributed by atoms with van der Waals surface area (Å²) < 4.78 is 2.17. The van der Waals surface area contributed by atoms with Crippen molar-refractivity contribution in [2.45, 2.75) is 0 Å². The Labute approximate surface area is 340 Å². The van der Waals surface area contributed by atoms with Crippen LogP contribution in [0.3, 0.4) is 0 Å². The summed E-state index contributed by atoms with van der Waals surface area (Å²) in [4.78, 5) is 30.4. The number of nitrogens with zero attached hydrogens (tertiary/aromatic N) is 7. The van der Waals surface area contributed by atoms with Crippen molar-refractivity contribution in [2.24, 2.45) is 0 Å². The first kappa shape index (κ1) is 34.1. The molecule has 0 fully saturated rings. The minimum atomic E-state index is 0.556. The van der Waals surface area contributed by atoms with Crippen molar-refractivity contribution in [3.8, 4) is 74.0 Å². The highest BCUT2D eigenvalue weighted by Gasteiger charge is 2.20. The summed E-state index contributed by atoms with van der Waals surface area (Å²) in [6.07, 6.45) is 0. The fourth-order valence-electron chi connectivity index (χ4n) is 7.88. The van der Waals surface area contributed by atoms with Gasteiger partial charge in [0.1, 0.15) is 0 Å². The smallest absolute Gasteiger partial charge is 0.238 e. The third-order valence-corrected chi connectivity index (χ3v) is 10.7. The number of aromatic nitrogens is 7. The highest BCUT2D eigenvalue weighted by atomic mass is 15.2. The molecule has 0 N–H and O–H groups in total. The van der Waals surface area contributed by atoms with E-state index < -0.39 is 0 Å². The van der Waals surface area contributed by atoms with E-state index in [0.29, 0.717) is 35.1 Å². The summed E-state index contributed by atoms with van der Waals surface area (Å²) in [5.41, 5.74) is 8.62. The van der Waals surface area contributed by atoms with Gasteiger partial charge in [-0.15, -0.1) is 0 Å². The molecule has 0 radical (unpaired) electrons. The van der Waals surface area contributed by atoms with E-state index in [9.17, 15) is 0 Å². The van der Waals surface area contributed by atoms with Crippen molar-refractivity contribution < 1.29 is 0 Å². The van der Waals surface area contributed by atoms with Crippen molar-refractivity contribution in [3.63, 3.8) is 0 Å². The molecule has 276 valence electrons. The molecule has 8 aromatic carbocycles. The minimum absolute atomic E-state index is 0.556. The summed E-state index contributed by atoms with van der Waals surface area (Å²) in [6, 6.07) is 68.2. The van der Waals surface area contributed by atoms with Gasteiger partial charge in [0, 0.05) is 38.6 Å². The van der Waals surface area contributed by atoms with Crippen LogP contribution in [0.25, 0.3) is 107 Å². The topological polar surface area (TPSA) is 82.3 Å². The van der Waals surface area contributed by atoms with Crippen LogP contribution in [0.1, 0.15) is 0 Å². The molecule has 0 atom stereocenters. The van der Waals surface area contributed by atoms with E-state index in [0.717, 1.165) is 55.4 Å². The Morgan fingerprint density at radius 2 is 0.678 bits per heavy atom. The van der Waals surface area contributed by atoms with Gasteiger partial charge in [-0.05, 0) is 46.2 Å². The minimum Gasteiger partial charge on any atom is -0.278 e. The standard InChI is InChI=1S/C52H33N7/c1-4-17-35(18-5-1)47-53-48(36-19-6-2-7-20-36)55-50(54-47)40-25-14-23-38(32-40)39-24-15-26-41(33-39)51-56-49(37-21-8-3-9-22-37)57-52(58-51)59-44-29-13-12-28-43(44)46-42-27-11-10-16-34(42)30-31-45(46)59/h1-33H. The van der Waals surface area contributed by atoms with Crippen LogP contribution in [-0.2, 0) is 0 Å². The third-order valence-electron chi connectivity index (χ3n) is 10.7. The molecular weight excluding hydrogens is 723 g/mol. The molecule has 7 heteroatoms. The van der Waals surface area contributed by atoms with Crippen molar-refractivity contribution in [2.75, 3.05) is 0 Å². The van der Waals surface area contributed by atoms with Crippen LogP contribution in [-0.4, -0.2) is 34.5 Å². The van der Waals surface area contributed by atoms with E-state index >= 15 is 0 Å². The zero-order chi connectivity index (χ0) is 39.1. The number of hydrogen-bond acceptors (Lipinski definition) is 6. The van der Waals surface area contributed by atoms with Gasteiger partial charge in [-0.1, -0.05) is 176 Å². The van der Waals surface area contributed by atoms with Crippen LogP contribution >= 0.6 is 0 Å². The highest BCUT2D eigenvalue weighted by molar-refractivity contribution is 6.21. The number of benzene rings is 8. The lowest BCUT2D eigenvalue weighted by atomic mass is 10.0. The van der Waals surface area contributed by atoms with E-state index in [4.69, 9.17) is 29.9 Å². The molecular formula is C52H33N7. The Morgan fingerprint density at radius 3 is 1.24 bits per heavy atom. The maximum Gasteiger partial charge on any atom is 0.238 e. The van der Waals surface area contributed by atoms with Crippen LogP contribution in [0.15, 0.2) is 200 Å². The van der Waals surface area contributed by atoms with Gasteiger partial charge in [0.2, 0.25) is 5.95 Å². The van der Waals surface area contributed by atoms with Gasteiger partial charge in [0.05, 0.1) is 11.0 Å². The van der Waals surface area contributed by atoms with E-state index in [1.807, 2.05) is 103 Å². The number of para-hydroxylation sites is 1. The molecule has 0 saturated heterocycles. The van der Waals surface area contributed by atoms with E-state index in [1.54, 1.807) is 0 Å². The maximum absolute atomic E-state index is 5.24. The molecule has 0 spiro atoms. The normalized spacial score (nSPS) is 11.4. The molecule has 0 aliphatic heterocycles. The molecule has 0 saturated carbocycles. The lowest BCUT2D eigenvalue weighted by Gasteiger charge is -2.12. The summed E-state index contributed by atoms with van der Waals surface area (Å²) in [7, 11) is 0. The van der Waals surface area contributed by atoms with Gasteiger partial charge in [0.15, 0.2) is 29.1 Å². The Morgan fingerprint density at radius 1 is 0.271 bits per heavy atom. The Balaban J connectivity index is 1.05. The largest absolute Gasteiger partial charge is 0.278 e. The first-order chi connectivity index (χ1) is 29.2. The average Bonchev–Trinajstić information content (AvgIpc) is 3.67. The van der Waals surface area contributed by atoms with Crippen molar-refractivity contribution in [3.05, 3.63) is 200 Å². The second-order valence-corrected chi connectivity index (χ2v) is 14.4. The first-order valence-corrected chi connectivity index (χ1v) is 19.5. The quantitative estimate of drug-likeness (QED) is 0.161. The summed E-state index contributed by atoms with van der Waals surface area (Å²) in [5.74, 6) is 3.58. The van der Waals surface area contributed by atoms with E-state index in [1.165, 1.54) is 16.2 Å². The maximum atomic E-state index is 5.24. The molecule has 0 unspecified atom stereocenters. The monoisotopic (exact) mass is 755 g/mol. The number of rotatable bonds is 7. The second kappa shape index (κ2) is 14.4. The zero-order valence-corrected chi connectivity index (χ0v) is 31.7. The molecule has 3 aromatic heterocycles. The van der Waals surface area contributed by atoms with Gasteiger partial charge in [-0.3, -0.25) is 4.57 Å². The van der Waals surface area contributed by atoms with Crippen LogP contribution in [0.4, 0.5) is 0 Å². The Kier molecular flexibility index (Phi) is 8.33. The lowest BCUT2D eigenvalue weighted by Crippen LogP contribution is -2.06. The Bertz CT molecular complexity index is 3270. The first-order valence-electron chi connectivity index (χ1n) is 19.5. The highest BCUT2D eigenvalue weighted by Crippen LogP contribution is 2.37. The summed E-state index contributed by atoms with van der Waals surface area (Å²) in [6.45, 7) is 0. The summed E-state index contributed by atoms with van der Waals surface area (Å²) >= 11 is 0. The SMILES string of the molecule is c1ccc(-c2nc(-c3ccccc3)nc(-c3cccc(-c4cccc(-c5nc(-c6ccccc6)nc(-n6c7ccccc7c7c8ccccc8ccc76)n5)c4)c3)n2)cc1. The zero-order valence-electron chi connectivity index (χ0n) is 31.7. The predicted octanol–water partition coefficient (Wildman–Crippen LogP) is 12.3. The molecule has 0 aliphatic carbocycles. The van der Waals surface area contributed by atoms with Crippen LogP contribution in [0, 0.1) is 0 Å². The molecule has 11 aromatic rings. The summed E-state index contributed by atoms with van der Waals surface area (Å²) in [5, 5.41) is 4.70.